The molecule has 0 spiro atoms. The van der Waals surface area contributed by atoms with Gasteiger partial charge in [0.05, 0.1) is 13.2 Å². The Morgan fingerprint density at radius 2 is 1.42 bits per heavy atom. The van der Waals surface area contributed by atoms with E-state index in [9.17, 15) is 44.3 Å². The fourth-order valence-electron chi connectivity index (χ4n) is 3.73. The Bertz CT molecular complexity index is 702. The van der Waals surface area contributed by atoms with Crippen LogP contribution in [0.2, 0.25) is 0 Å². The maximum atomic E-state index is 12.7. The van der Waals surface area contributed by atoms with Crippen molar-refractivity contribution in [1.82, 2.24) is 16.0 Å². The Morgan fingerprint density at radius 1 is 0.848 bits per heavy atom. The molecule has 2 aliphatic heterocycles. The summed E-state index contributed by atoms with van der Waals surface area (Å²) < 4.78 is 29.3. The first-order valence-electron chi connectivity index (χ1n) is 10.2. The van der Waals surface area contributed by atoms with Gasteiger partial charge in [-0.15, -0.1) is 0 Å². The van der Waals surface area contributed by atoms with Gasteiger partial charge in [0.1, 0.15) is 48.7 Å². The van der Waals surface area contributed by atoms with Gasteiger partial charge >= 0.3 is 0 Å². The van der Waals surface area contributed by atoms with Gasteiger partial charge in [0.2, 0.25) is 11.8 Å². The van der Waals surface area contributed by atoms with E-state index in [0.29, 0.717) is 0 Å². The van der Waals surface area contributed by atoms with Gasteiger partial charge in [-0.25, -0.2) is 4.39 Å². The van der Waals surface area contributed by atoms with Gasteiger partial charge < -0.3 is 55.7 Å². The molecule has 0 radical (unpaired) electrons. The Balaban J connectivity index is 2.32. The van der Waals surface area contributed by atoms with Crippen LogP contribution in [-0.2, 0) is 28.6 Å². The molecule has 0 aliphatic carbocycles. The predicted octanol–water partition coefficient (Wildman–Crippen LogP) is -5.02. The molecule has 8 N–H and O–H groups in total. The smallest absolute Gasteiger partial charge is 0.253 e. The van der Waals surface area contributed by atoms with E-state index in [2.05, 4.69) is 16.0 Å². The van der Waals surface area contributed by atoms with Crippen LogP contribution in [-0.4, -0.2) is 124 Å². The Hall–Kier alpha value is -1.98. The summed E-state index contributed by atoms with van der Waals surface area (Å²) in [6, 6.07) is -2.70. The summed E-state index contributed by atoms with van der Waals surface area (Å²) in [5.41, 5.74) is 0. The molecule has 0 aromatic carbocycles. The Morgan fingerprint density at radius 3 is 1.94 bits per heavy atom. The van der Waals surface area contributed by atoms with E-state index in [-0.39, 0.29) is 0 Å². The largest absolute Gasteiger partial charge is 0.394 e. The average Bonchev–Trinajstić information content (AvgIpc) is 2.76. The summed E-state index contributed by atoms with van der Waals surface area (Å²) >= 11 is 0. The highest BCUT2D eigenvalue weighted by Crippen LogP contribution is 2.29. The van der Waals surface area contributed by atoms with Crippen molar-refractivity contribution in [3.05, 3.63) is 0 Å². The molecule has 33 heavy (non-hydrogen) atoms. The lowest BCUT2D eigenvalue weighted by molar-refractivity contribution is -0.315. The maximum Gasteiger partial charge on any atom is 0.253 e. The van der Waals surface area contributed by atoms with Crippen molar-refractivity contribution in [1.29, 1.82) is 0 Å². The second kappa shape index (κ2) is 11.9. The van der Waals surface area contributed by atoms with Gasteiger partial charge in [0.25, 0.3) is 5.91 Å². The van der Waals surface area contributed by atoms with Gasteiger partial charge in [-0.05, 0) is 0 Å². The van der Waals surface area contributed by atoms with Gasteiger partial charge in [-0.3, -0.25) is 14.4 Å². The van der Waals surface area contributed by atoms with Crippen molar-refractivity contribution < 1.29 is 58.5 Å². The third kappa shape index (κ3) is 6.54. The molecule has 10 atom stereocenters. The number of hydrogen-bond donors (Lipinski definition) is 8. The fourth-order valence-corrected chi connectivity index (χ4v) is 3.73. The van der Waals surface area contributed by atoms with Crippen LogP contribution in [0.4, 0.5) is 4.39 Å². The molecule has 14 nitrogen and oxygen atoms in total. The second-order valence-corrected chi connectivity index (χ2v) is 7.73. The molecule has 0 unspecified atom stereocenters. The van der Waals surface area contributed by atoms with Gasteiger partial charge in [0, 0.05) is 13.8 Å². The highest BCUT2D eigenvalue weighted by Gasteiger charge is 2.51. The Kier molecular flexibility index (Phi) is 9.86. The number of aliphatic hydroxyl groups excluding tert-OH is 5. The molecule has 0 aromatic heterocycles. The van der Waals surface area contributed by atoms with E-state index < -0.39 is 98.8 Å². The zero-order chi connectivity index (χ0) is 24.9. The molecule has 3 amide bonds. The summed E-state index contributed by atoms with van der Waals surface area (Å²) in [5, 5.41) is 57.4. The second-order valence-electron chi connectivity index (χ2n) is 7.73. The van der Waals surface area contributed by atoms with Crippen LogP contribution < -0.4 is 16.0 Å². The fraction of sp³-hybridized carbons (Fsp3) is 0.833. The van der Waals surface area contributed by atoms with Crippen molar-refractivity contribution in [3.8, 4) is 0 Å². The lowest BCUT2D eigenvalue weighted by atomic mass is 9.94. The van der Waals surface area contributed by atoms with E-state index in [0.717, 1.165) is 13.8 Å². The van der Waals surface area contributed by atoms with E-state index in [1.807, 2.05) is 0 Å². The van der Waals surface area contributed by atoms with Crippen LogP contribution in [0.25, 0.3) is 0 Å². The van der Waals surface area contributed by atoms with Crippen molar-refractivity contribution in [2.24, 2.45) is 0 Å². The third-order valence-corrected chi connectivity index (χ3v) is 5.24. The van der Waals surface area contributed by atoms with Crippen LogP contribution in [0.1, 0.15) is 13.8 Å². The molecule has 2 fully saturated rings. The molecule has 2 saturated heterocycles. The quantitative estimate of drug-likeness (QED) is 0.163. The summed E-state index contributed by atoms with van der Waals surface area (Å²) in [4.78, 5) is 34.7. The first-order chi connectivity index (χ1) is 15.5. The zero-order valence-corrected chi connectivity index (χ0v) is 18.0. The topological polar surface area (TPSA) is 216 Å². The first-order valence-corrected chi connectivity index (χ1v) is 10.2. The minimum atomic E-state index is -1.66. The van der Waals surface area contributed by atoms with Crippen LogP contribution in [0, 0.1) is 0 Å². The van der Waals surface area contributed by atoms with Crippen molar-refractivity contribution in [2.45, 2.75) is 75.1 Å². The van der Waals surface area contributed by atoms with Crippen LogP contribution in [0.3, 0.4) is 0 Å². The van der Waals surface area contributed by atoms with Crippen LogP contribution >= 0.6 is 0 Å². The van der Waals surface area contributed by atoms with E-state index >= 15 is 0 Å². The van der Waals surface area contributed by atoms with Crippen molar-refractivity contribution >= 4 is 17.7 Å². The number of amides is 3. The number of hydrogen-bond acceptors (Lipinski definition) is 11. The minimum Gasteiger partial charge on any atom is -0.394 e. The number of carbonyl (C=O) groups excluding carboxylic acids is 3. The first kappa shape index (κ1) is 27.3. The van der Waals surface area contributed by atoms with Crippen LogP contribution in [0.5, 0.6) is 0 Å². The average molecular weight is 483 g/mol. The normalized spacial score (nSPS) is 38.9. The summed E-state index contributed by atoms with van der Waals surface area (Å²) in [6.45, 7) is -0.625. The lowest BCUT2D eigenvalue weighted by Gasteiger charge is -2.48. The van der Waals surface area contributed by atoms with E-state index in [1.165, 1.54) is 0 Å². The summed E-state index contributed by atoms with van der Waals surface area (Å²) in [7, 11) is 0. The molecule has 0 aromatic rings. The van der Waals surface area contributed by atoms with Crippen molar-refractivity contribution in [3.63, 3.8) is 0 Å². The molecule has 0 saturated carbocycles. The number of carbonyl (C=O) groups is 3. The van der Waals surface area contributed by atoms with Crippen LogP contribution in [0.15, 0.2) is 0 Å². The zero-order valence-electron chi connectivity index (χ0n) is 18.0. The highest BCUT2D eigenvalue weighted by atomic mass is 19.1. The molecule has 15 heteroatoms. The molecule has 0 bridgehead atoms. The van der Waals surface area contributed by atoms with E-state index in [1.54, 1.807) is 0 Å². The third-order valence-electron chi connectivity index (χ3n) is 5.24. The molecule has 2 rings (SSSR count). The lowest BCUT2D eigenvalue weighted by Crippen LogP contribution is -2.71. The van der Waals surface area contributed by atoms with E-state index in [4.69, 9.17) is 14.2 Å². The predicted molar refractivity (Wildman–Crippen MR) is 104 cm³/mol. The maximum absolute atomic E-state index is 12.7. The number of nitrogens with one attached hydrogen (secondary N) is 3. The monoisotopic (exact) mass is 483 g/mol. The number of aliphatic hydroxyl groups is 5. The number of halogens is 1. The Labute approximate surface area is 188 Å². The molecular formula is C18H30FN3O11. The van der Waals surface area contributed by atoms with Crippen molar-refractivity contribution in [2.75, 3.05) is 19.9 Å². The summed E-state index contributed by atoms with van der Waals surface area (Å²) in [6.07, 6.45) is -12.0. The molecular weight excluding hydrogens is 453 g/mol. The SMILES string of the molecule is CC(=O)N[C@@H]1[C@@H](O)[C@H](O[C@@H]2O[C@H](CO)[C@@H](O)[C@H](O)[C@H]2NC(C)=O)[C@@H](CO)O[C@H]1NC(=O)CF. The van der Waals surface area contributed by atoms with Gasteiger partial charge in [-0.1, -0.05) is 0 Å². The molecule has 2 heterocycles. The molecule has 2 aliphatic rings. The molecule has 190 valence electrons. The number of ether oxygens (including phenoxy) is 3. The standard InChI is InChI=1S/C18H30FN3O11/c1-6(25)20-11-15(30)16(9(5-24)31-17(11)22-10(27)3-19)33-18-12(21-7(2)26)14(29)13(28)8(4-23)32-18/h8-9,11-18,23-24,28-30H,3-5H2,1-2H3,(H,20,25)(H,21,26)(H,22,27)/t8-,9-,11-,12-,13-,14-,15-,16-,17-,18+/m1/s1. The highest BCUT2D eigenvalue weighted by molar-refractivity contribution is 5.77. The number of alkyl halides is 1. The summed E-state index contributed by atoms with van der Waals surface area (Å²) in [5.74, 6) is -2.34. The van der Waals surface area contributed by atoms with Gasteiger partial charge in [-0.2, -0.15) is 0 Å². The number of rotatable bonds is 8. The van der Waals surface area contributed by atoms with Gasteiger partial charge in [0.15, 0.2) is 19.2 Å². The minimum absolute atomic E-state index is 0.616.